The Balaban J connectivity index is 0.000000208. The number of nitrogens with one attached hydrogen (secondary N) is 1. The van der Waals surface area contributed by atoms with E-state index in [4.69, 9.17) is 20.2 Å². The Hall–Kier alpha value is -1.42. The van der Waals surface area contributed by atoms with Crippen LogP contribution in [0.3, 0.4) is 0 Å². The quantitative estimate of drug-likeness (QED) is 0.0561. The van der Waals surface area contributed by atoms with E-state index in [2.05, 4.69) is 71.6 Å². The minimum absolute atomic E-state index is 0.00347. The molecule has 0 saturated heterocycles. The van der Waals surface area contributed by atoms with Crippen molar-refractivity contribution in [3.05, 3.63) is 0 Å². The highest BCUT2D eigenvalue weighted by Crippen LogP contribution is 2.71. The summed E-state index contributed by atoms with van der Waals surface area (Å²) in [6.45, 7) is 19.2. The number of rotatable bonds is 15. The van der Waals surface area contributed by atoms with Crippen LogP contribution in [-0.4, -0.2) is 98.5 Å². The topological polar surface area (TPSA) is 232 Å². The first-order chi connectivity index (χ1) is 32.7. The van der Waals surface area contributed by atoms with Crippen molar-refractivity contribution in [3.8, 4) is 0 Å². The lowest BCUT2D eigenvalue weighted by atomic mass is 9.41. The fourth-order valence-corrected chi connectivity index (χ4v) is 19.3. The number of carboxylic acids is 1. The van der Waals surface area contributed by atoms with Crippen LogP contribution in [0.5, 0.6) is 0 Å². The second kappa shape index (κ2) is 23.8. The third-order valence-corrected chi connectivity index (χ3v) is 22.5. The Bertz CT molecular complexity index is 1650. The number of hydrogen-bond acceptors (Lipinski definition) is 11. The second-order valence-electron chi connectivity index (χ2n) is 25.4. The van der Waals surface area contributed by atoms with E-state index in [9.17, 15) is 30.0 Å². The van der Waals surface area contributed by atoms with Crippen LogP contribution in [0.4, 0.5) is 0 Å². The number of aliphatic carboxylic acids is 1. The van der Waals surface area contributed by atoms with E-state index in [-0.39, 0.29) is 84.8 Å². The number of carboxylic acid groups (broad SMARTS) is 1. The van der Waals surface area contributed by atoms with Crippen molar-refractivity contribution in [1.29, 1.82) is 0 Å². The van der Waals surface area contributed by atoms with Gasteiger partial charge in [-0.05, 0) is 207 Å². The maximum atomic E-state index is 12.1. The monoisotopic (exact) mass is 977 g/mol. The van der Waals surface area contributed by atoms with Crippen LogP contribution in [0.25, 0.3) is 0 Å². The molecule has 8 fully saturated rings. The molecule has 8 saturated carbocycles. The summed E-state index contributed by atoms with van der Waals surface area (Å²) in [5, 5.41) is 70.2. The molecule has 0 aromatic rings. The molecule has 8 unspecified atom stereocenters. The van der Waals surface area contributed by atoms with Gasteiger partial charge in [-0.1, -0.05) is 68.2 Å². The highest BCUT2D eigenvalue weighted by Gasteiger charge is 2.66. The normalized spacial score (nSPS) is 46.1. The number of carbonyl (C=O) groups excluding carboxylic acids is 1. The number of nitrogens with two attached hydrogens (primary N) is 1. The molecule has 8 aliphatic carbocycles. The number of fused-ring (bicyclic) bond motifs is 10. The molecule has 0 aromatic heterocycles. The van der Waals surface area contributed by atoms with E-state index in [1.54, 1.807) is 0 Å². The fourth-order valence-electron chi connectivity index (χ4n) is 19.3. The van der Waals surface area contributed by atoms with Gasteiger partial charge in [0.15, 0.2) is 0 Å². The molecule has 0 spiro atoms. The number of amides is 1. The van der Waals surface area contributed by atoms with Gasteiger partial charge in [-0.25, -0.2) is 11.4 Å². The summed E-state index contributed by atoms with van der Waals surface area (Å²) < 4.78 is 0. The van der Waals surface area contributed by atoms with E-state index < -0.39 is 5.97 Å². The van der Waals surface area contributed by atoms with E-state index in [1.807, 2.05) is 0 Å². The zero-order chi connectivity index (χ0) is 50.6. The second-order valence-corrected chi connectivity index (χ2v) is 25.4. The van der Waals surface area contributed by atoms with Crippen molar-refractivity contribution in [1.82, 2.24) is 5.48 Å². The average Bonchev–Trinajstić information content (AvgIpc) is 3.86. The first kappa shape index (κ1) is 56.9. The molecule has 22 atom stereocenters. The Morgan fingerprint density at radius 1 is 0.594 bits per heavy atom. The number of hydroxylamine groups is 1. The molecule has 0 bridgehead atoms. The summed E-state index contributed by atoms with van der Waals surface area (Å²) in [5.41, 5.74) is 3.37. The summed E-state index contributed by atoms with van der Waals surface area (Å²) in [6.07, 6.45) is 18.7. The Labute approximate surface area is 416 Å². The Morgan fingerprint density at radius 3 is 1.38 bits per heavy atom. The third kappa shape index (κ3) is 11.2. The predicted molar refractivity (Wildman–Crippen MR) is 266 cm³/mol. The molecule has 13 heteroatoms. The Morgan fingerprint density at radius 2 is 1.00 bits per heavy atom. The van der Waals surface area contributed by atoms with Gasteiger partial charge in [0, 0.05) is 12.8 Å². The summed E-state index contributed by atoms with van der Waals surface area (Å²) in [7, 11) is 0. The smallest absolute Gasteiger partial charge is 0.303 e. The summed E-state index contributed by atoms with van der Waals surface area (Å²) in [6, 6.07) is 0. The molecule has 8 rings (SSSR count). The molecule has 8 aliphatic rings. The van der Waals surface area contributed by atoms with Crippen molar-refractivity contribution in [2.45, 2.75) is 208 Å². The zero-order valence-corrected chi connectivity index (χ0v) is 44.2. The van der Waals surface area contributed by atoms with Crippen LogP contribution in [0, 0.1) is 105 Å². The van der Waals surface area contributed by atoms with E-state index in [0.29, 0.717) is 89.3 Å². The average molecular weight is 977 g/mol. The number of hydrogen-bond donors (Lipinski definition) is 9. The largest absolute Gasteiger partial charge is 0.481 e. The van der Waals surface area contributed by atoms with Crippen molar-refractivity contribution in [2.24, 2.45) is 110 Å². The van der Waals surface area contributed by atoms with Crippen LogP contribution >= 0.6 is 0 Å². The molecule has 10 N–H and O–H groups in total. The number of aliphatic hydroxyl groups excluding tert-OH is 6. The molecule has 0 heterocycles. The van der Waals surface area contributed by atoms with Gasteiger partial charge in [0.05, 0.1) is 50.8 Å². The molecule has 0 radical (unpaired) electrons. The molecule has 0 aliphatic heterocycles. The summed E-state index contributed by atoms with van der Waals surface area (Å²) in [5.74, 6) is 10.2. The lowest BCUT2D eigenvalue weighted by Crippen LogP contribution is -2.62. The third-order valence-electron chi connectivity index (χ3n) is 22.5. The Kier molecular flexibility index (Phi) is 19.7. The van der Waals surface area contributed by atoms with Gasteiger partial charge in [-0.3, -0.25) is 14.4 Å². The molecule has 400 valence electrons. The SMILES string of the molecule is CC[C@H]1[C@@H](O)C2C3CCC([C@H](C)CCC(=O)NOCCO)[C@@]3(C)CCC2[C@@]2(C)CC[C@@H](O)C[C@@H]12.CC[C@H]1[C@@H](O)C2C3CCC([C@H](C)CCC(=O)O)[C@@]3(C)CCC2[C@@]2(C)CC[C@@H](O)C[C@@H]12.NOCCO. The lowest BCUT2D eigenvalue weighted by Gasteiger charge is -2.64. The van der Waals surface area contributed by atoms with Gasteiger partial charge in [0.2, 0.25) is 5.91 Å². The molecule has 0 aromatic carbocycles. The van der Waals surface area contributed by atoms with Gasteiger partial charge >= 0.3 is 5.97 Å². The maximum Gasteiger partial charge on any atom is 0.303 e. The molecular weight excluding hydrogens is 877 g/mol. The van der Waals surface area contributed by atoms with Crippen molar-refractivity contribution in [3.63, 3.8) is 0 Å². The predicted octanol–water partition coefficient (Wildman–Crippen LogP) is 8.05. The first-order valence-electron chi connectivity index (χ1n) is 28.1. The minimum Gasteiger partial charge on any atom is -0.481 e. The van der Waals surface area contributed by atoms with Crippen LogP contribution in [0.2, 0.25) is 0 Å². The molecule has 69 heavy (non-hydrogen) atoms. The summed E-state index contributed by atoms with van der Waals surface area (Å²) in [4.78, 5) is 32.2. The lowest BCUT2D eigenvalue weighted by molar-refractivity contribution is -0.203. The molecule has 13 nitrogen and oxygen atoms in total. The fraction of sp³-hybridized carbons (Fsp3) is 0.964. The molecule has 1 amide bonds. The van der Waals surface area contributed by atoms with Crippen molar-refractivity contribution < 1.29 is 55.0 Å². The van der Waals surface area contributed by atoms with Gasteiger partial charge in [0.1, 0.15) is 0 Å². The first-order valence-corrected chi connectivity index (χ1v) is 28.1. The van der Waals surface area contributed by atoms with Gasteiger partial charge in [0.25, 0.3) is 0 Å². The highest BCUT2D eigenvalue weighted by atomic mass is 16.7. The zero-order valence-electron chi connectivity index (χ0n) is 44.2. The summed E-state index contributed by atoms with van der Waals surface area (Å²) >= 11 is 0. The maximum absolute atomic E-state index is 12.1. The van der Waals surface area contributed by atoms with Gasteiger partial charge in [-0.2, -0.15) is 0 Å². The van der Waals surface area contributed by atoms with E-state index in [1.165, 1.54) is 51.4 Å². The standard InChI is InChI=1S/C28H49NO5.C26H44O4.C2H7NO2/c1-5-19-23-16-18(31)10-12-28(23,4)22-11-13-27(3)20(7-8-21(27)25(22)26(19)33)17(2)6-9-24(32)29-34-15-14-30;1-5-17-21-14-16(27)10-12-26(21,4)20-11-13-25(3)18(15(2)6-9-22(28)29)7-8-19(25)23(20)24(17)30;3-5-2-1-4/h17-23,25-26,30-31,33H,5-16H2,1-4H3,(H,29,32);15-21,23-24,27,30H,5-14H2,1-4H3,(H,28,29);4H,1-3H2/t17-,18-,19-,20?,21?,22?,23+,25?,26-,27-,28-;15-,16-,17-,18?,19?,20?,21+,23?,24-,25-,26-;/m11./s1. The van der Waals surface area contributed by atoms with Crippen LogP contribution in [-0.2, 0) is 19.3 Å². The van der Waals surface area contributed by atoms with Crippen molar-refractivity contribution in [2.75, 3.05) is 26.4 Å². The van der Waals surface area contributed by atoms with E-state index in [0.717, 1.165) is 64.2 Å². The van der Waals surface area contributed by atoms with Crippen molar-refractivity contribution >= 4 is 11.9 Å². The van der Waals surface area contributed by atoms with Gasteiger partial charge < -0.3 is 40.6 Å². The number of aliphatic hydroxyl groups is 6. The highest BCUT2D eigenvalue weighted by molar-refractivity contribution is 5.74. The minimum atomic E-state index is -0.683. The van der Waals surface area contributed by atoms with Crippen LogP contribution in [0.15, 0.2) is 0 Å². The van der Waals surface area contributed by atoms with E-state index >= 15 is 0 Å². The van der Waals surface area contributed by atoms with Gasteiger partial charge in [-0.15, -0.1) is 0 Å². The number of carbonyl (C=O) groups is 2. The van der Waals surface area contributed by atoms with Crippen LogP contribution in [0.1, 0.15) is 184 Å². The van der Waals surface area contributed by atoms with Crippen LogP contribution < -0.4 is 11.4 Å². The molecular formula is C56H100N2O11.